The number of hydrogen-bond acceptors (Lipinski definition) is 6. The first-order chi connectivity index (χ1) is 8.51. The summed E-state index contributed by atoms with van der Waals surface area (Å²) in [6.07, 6.45) is -2.72. The van der Waals surface area contributed by atoms with Crippen molar-refractivity contribution in [3.63, 3.8) is 0 Å². The van der Waals surface area contributed by atoms with Gasteiger partial charge in [-0.25, -0.2) is 0 Å². The number of rotatable bonds is 5. The van der Waals surface area contributed by atoms with E-state index in [1.807, 2.05) is 0 Å². The van der Waals surface area contributed by atoms with Gasteiger partial charge < -0.3 is 10.2 Å². The van der Waals surface area contributed by atoms with Crippen molar-refractivity contribution in [3.8, 4) is 6.07 Å². The first-order valence-electron chi connectivity index (χ1n) is 4.97. The number of nitro groups is 1. The molecule has 7 nitrogen and oxygen atoms in total. The van der Waals surface area contributed by atoms with Gasteiger partial charge in [0.05, 0.1) is 29.1 Å². The summed E-state index contributed by atoms with van der Waals surface area (Å²) in [7, 11) is 0. The molecule has 0 aliphatic carbocycles. The van der Waals surface area contributed by atoms with Gasteiger partial charge in [-0.15, -0.1) is 0 Å². The van der Waals surface area contributed by atoms with E-state index in [2.05, 4.69) is 0 Å². The number of aliphatic hydroxyl groups is 2. The van der Waals surface area contributed by atoms with Gasteiger partial charge in [0, 0.05) is 6.07 Å². The number of nitrogens with zero attached hydrogens (tertiary/aromatic N) is 2. The SMILES string of the molecule is N#CCC(O)C(O)c1ccc(C=O)c([N+](=O)[O-])c1. The lowest BCUT2D eigenvalue weighted by Gasteiger charge is -2.15. The second kappa shape index (κ2) is 5.86. The normalized spacial score (nSPS) is 13.4. The Morgan fingerprint density at radius 2 is 2.17 bits per heavy atom. The Balaban J connectivity index is 3.12. The summed E-state index contributed by atoms with van der Waals surface area (Å²) in [6.45, 7) is 0. The van der Waals surface area contributed by atoms with Crippen molar-refractivity contribution in [1.82, 2.24) is 0 Å². The van der Waals surface area contributed by atoms with Crippen LogP contribution in [0.1, 0.15) is 28.4 Å². The highest BCUT2D eigenvalue weighted by Crippen LogP contribution is 2.25. The van der Waals surface area contributed by atoms with Crippen LogP contribution in [0.4, 0.5) is 5.69 Å². The van der Waals surface area contributed by atoms with Gasteiger partial charge in [0.2, 0.25) is 0 Å². The molecule has 2 N–H and O–H groups in total. The highest BCUT2D eigenvalue weighted by Gasteiger charge is 2.22. The van der Waals surface area contributed by atoms with Crippen LogP contribution in [0.15, 0.2) is 18.2 Å². The molecular formula is C11H10N2O5. The number of nitriles is 1. The number of carbonyl (C=O) groups is 1. The fraction of sp³-hybridized carbons (Fsp3) is 0.273. The predicted molar refractivity (Wildman–Crippen MR) is 59.7 cm³/mol. The average molecular weight is 250 g/mol. The Kier molecular flexibility index (Phi) is 4.48. The lowest BCUT2D eigenvalue weighted by atomic mass is 10.0. The molecule has 0 fully saturated rings. The van der Waals surface area contributed by atoms with Crippen molar-refractivity contribution in [2.75, 3.05) is 0 Å². The van der Waals surface area contributed by atoms with Crippen LogP contribution in [0.3, 0.4) is 0 Å². The molecule has 2 unspecified atom stereocenters. The molecule has 0 amide bonds. The van der Waals surface area contributed by atoms with Gasteiger partial charge in [0.15, 0.2) is 6.29 Å². The monoisotopic (exact) mass is 250 g/mol. The van der Waals surface area contributed by atoms with Crippen LogP contribution in [0.5, 0.6) is 0 Å². The van der Waals surface area contributed by atoms with Crippen molar-refractivity contribution in [3.05, 3.63) is 39.4 Å². The maximum atomic E-state index is 10.7. The predicted octanol–water partition coefficient (Wildman–Crippen LogP) is 0.715. The third-order valence-corrected chi connectivity index (χ3v) is 2.38. The standard InChI is InChI=1S/C11H10N2O5/c12-4-3-10(15)11(16)7-1-2-8(6-14)9(5-7)13(17)18/h1-2,5-6,10-11,15-16H,3H2. The fourth-order valence-electron chi connectivity index (χ4n) is 1.43. The summed E-state index contributed by atoms with van der Waals surface area (Å²) in [5, 5.41) is 38.2. The number of benzene rings is 1. The summed E-state index contributed by atoms with van der Waals surface area (Å²) < 4.78 is 0. The van der Waals surface area contributed by atoms with E-state index >= 15 is 0 Å². The summed E-state index contributed by atoms with van der Waals surface area (Å²) >= 11 is 0. The van der Waals surface area contributed by atoms with E-state index in [1.54, 1.807) is 6.07 Å². The Bertz CT molecular complexity index is 509. The van der Waals surface area contributed by atoms with Gasteiger partial charge in [0.25, 0.3) is 5.69 Å². The summed E-state index contributed by atoms with van der Waals surface area (Å²) in [4.78, 5) is 20.5. The van der Waals surface area contributed by atoms with E-state index in [1.165, 1.54) is 12.1 Å². The quantitative estimate of drug-likeness (QED) is 0.450. The Labute approximate surface area is 102 Å². The molecule has 0 heterocycles. The van der Waals surface area contributed by atoms with Crippen LogP contribution in [0.2, 0.25) is 0 Å². The summed E-state index contributed by atoms with van der Waals surface area (Å²) in [5.74, 6) is 0. The topological polar surface area (TPSA) is 124 Å². The second-order valence-corrected chi connectivity index (χ2v) is 3.57. The molecule has 94 valence electrons. The van der Waals surface area contributed by atoms with E-state index in [4.69, 9.17) is 5.26 Å². The summed E-state index contributed by atoms with van der Waals surface area (Å²) in [6, 6.07) is 5.16. The molecular weight excluding hydrogens is 240 g/mol. The number of carbonyl (C=O) groups excluding carboxylic acids is 1. The van der Waals surface area contributed by atoms with E-state index < -0.39 is 22.8 Å². The number of hydrogen-bond donors (Lipinski definition) is 2. The molecule has 0 bridgehead atoms. The lowest BCUT2D eigenvalue weighted by Crippen LogP contribution is -2.17. The molecule has 1 rings (SSSR count). The van der Waals surface area contributed by atoms with Crippen molar-refractivity contribution in [2.24, 2.45) is 0 Å². The van der Waals surface area contributed by atoms with E-state index in [9.17, 15) is 25.1 Å². The number of aliphatic hydroxyl groups excluding tert-OH is 2. The Morgan fingerprint density at radius 1 is 1.50 bits per heavy atom. The van der Waals surface area contributed by atoms with Crippen LogP contribution in [-0.2, 0) is 0 Å². The zero-order valence-corrected chi connectivity index (χ0v) is 9.18. The fourth-order valence-corrected chi connectivity index (χ4v) is 1.43. The minimum Gasteiger partial charge on any atom is -0.389 e. The Hall–Kier alpha value is -2.30. The van der Waals surface area contributed by atoms with Crippen LogP contribution in [0.25, 0.3) is 0 Å². The van der Waals surface area contributed by atoms with Gasteiger partial charge in [-0.1, -0.05) is 6.07 Å². The van der Waals surface area contributed by atoms with Crippen molar-refractivity contribution in [2.45, 2.75) is 18.6 Å². The number of nitro benzene ring substituents is 1. The minimum atomic E-state index is -1.41. The maximum Gasteiger partial charge on any atom is 0.280 e. The van der Waals surface area contributed by atoms with E-state index in [-0.39, 0.29) is 17.5 Å². The molecule has 0 aliphatic heterocycles. The zero-order chi connectivity index (χ0) is 13.7. The molecule has 7 heteroatoms. The van der Waals surface area contributed by atoms with Crippen LogP contribution in [0, 0.1) is 21.4 Å². The largest absolute Gasteiger partial charge is 0.389 e. The van der Waals surface area contributed by atoms with Crippen LogP contribution in [-0.4, -0.2) is 27.5 Å². The molecule has 0 aromatic heterocycles. The highest BCUT2D eigenvalue weighted by molar-refractivity contribution is 5.81. The van der Waals surface area contributed by atoms with Gasteiger partial charge in [0.1, 0.15) is 6.10 Å². The minimum absolute atomic E-state index is 0.0788. The second-order valence-electron chi connectivity index (χ2n) is 3.57. The maximum absolute atomic E-state index is 10.7. The lowest BCUT2D eigenvalue weighted by molar-refractivity contribution is -0.385. The Morgan fingerprint density at radius 3 is 2.67 bits per heavy atom. The van der Waals surface area contributed by atoms with Gasteiger partial charge in [-0.2, -0.15) is 5.26 Å². The van der Waals surface area contributed by atoms with Gasteiger partial charge in [-0.05, 0) is 11.6 Å². The third-order valence-electron chi connectivity index (χ3n) is 2.38. The molecule has 18 heavy (non-hydrogen) atoms. The number of aldehydes is 1. The molecule has 1 aromatic carbocycles. The highest BCUT2D eigenvalue weighted by atomic mass is 16.6. The molecule has 0 aliphatic rings. The molecule has 1 aromatic rings. The summed E-state index contributed by atoms with van der Waals surface area (Å²) in [5.41, 5.74) is -0.494. The smallest absolute Gasteiger partial charge is 0.280 e. The molecule has 2 atom stereocenters. The molecule has 0 saturated heterocycles. The van der Waals surface area contributed by atoms with Crippen molar-refractivity contribution in [1.29, 1.82) is 5.26 Å². The average Bonchev–Trinajstić information content (AvgIpc) is 2.37. The van der Waals surface area contributed by atoms with E-state index in [0.717, 1.165) is 6.07 Å². The zero-order valence-electron chi connectivity index (χ0n) is 9.18. The van der Waals surface area contributed by atoms with E-state index in [0.29, 0.717) is 6.29 Å². The molecule has 0 radical (unpaired) electrons. The van der Waals surface area contributed by atoms with Crippen molar-refractivity contribution >= 4 is 12.0 Å². The first kappa shape index (κ1) is 13.8. The van der Waals surface area contributed by atoms with Gasteiger partial charge in [-0.3, -0.25) is 14.9 Å². The third kappa shape index (κ3) is 2.88. The van der Waals surface area contributed by atoms with Crippen LogP contribution < -0.4 is 0 Å². The molecule has 0 spiro atoms. The first-order valence-corrected chi connectivity index (χ1v) is 4.97. The van der Waals surface area contributed by atoms with Crippen LogP contribution >= 0.6 is 0 Å². The molecule has 0 saturated carbocycles. The van der Waals surface area contributed by atoms with Gasteiger partial charge >= 0.3 is 0 Å². The van der Waals surface area contributed by atoms with Crippen molar-refractivity contribution < 1.29 is 19.9 Å².